The summed E-state index contributed by atoms with van der Waals surface area (Å²) in [4.78, 5) is 21.3. The van der Waals surface area contributed by atoms with E-state index in [0.717, 1.165) is 25.7 Å². The van der Waals surface area contributed by atoms with Gasteiger partial charge in [-0.1, -0.05) is 39.2 Å². The van der Waals surface area contributed by atoms with Gasteiger partial charge in [0.05, 0.1) is 13.2 Å². The van der Waals surface area contributed by atoms with Gasteiger partial charge in [-0.25, -0.2) is 4.79 Å². The first kappa shape index (κ1) is 22.0. The van der Waals surface area contributed by atoms with Crippen molar-refractivity contribution in [2.75, 3.05) is 13.2 Å². The van der Waals surface area contributed by atoms with Crippen LogP contribution in [0, 0.1) is 0 Å². The van der Waals surface area contributed by atoms with Crippen LogP contribution in [0.4, 0.5) is 0 Å². The molecule has 0 N–H and O–H groups in total. The molecule has 0 fully saturated rings. The normalized spacial score (nSPS) is 9.90. The van der Waals surface area contributed by atoms with Crippen molar-refractivity contribution >= 4 is 11.9 Å². The first-order chi connectivity index (χ1) is 10.1. The SMILES string of the molecule is CCCCC(=O)OCC.CCCCC/C=C/C(=O)OCC. The van der Waals surface area contributed by atoms with Gasteiger partial charge in [0.1, 0.15) is 0 Å². The predicted molar refractivity (Wildman–Crippen MR) is 86.1 cm³/mol. The van der Waals surface area contributed by atoms with Crippen LogP contribution in [0.5, 0.6) is 0 Å². The molecule has 4 heteroatoms. The summed E-state index contributed by atoms with van der Waals surface area (Å²) in [5.41, 5.74) is 0. The molecular formula is C17H32O4. The van der Waals surface area contributed by atoms with Crippen LogP contribution in [0.2, 0.25) is 0 Å². The van der Waals surface area contributed by atoms with Crippen molar-refractivity contribution < 1.29 is 19.1 Å². The lowest BCUT2D eigenvalue weighted by Gasteiger charge is -1.97. The summed E-state index contributed by atoms with van der Waals surface area (Å²) in [5, 5.41) is 0. The highest BCUT2D eigenvalue weighted by Gasteiger charge is 1.97. The van der Waals surface area contributed by atoms with E-state index in [9.17, 15) is 9.59 Å². The third-order valence-corrected chi connectivity index (χ3v) is 2.55. The summed E-state index contributed by atoms with van der Waals surface area (Å²) in [6, 6.07) is 0. The highest BCUT2D eigenvalue weighted by Crippen LogP contribution is 1.99. The number of hydrogen-bond acceptors (Lipinski definition) is 4. The number of unbranched alkanes of at least 4 members (excludes halogenated alkanes) is 4. The van der Waals surface area contributed by atoms with E-state index in [2.05, 4.69) is 13.8 Å². The number of carbonyl (C=O) groups is 2. The highest BCUT2D eigenvalue weighted by molar-refractivity contribution is 5.81. The largest absolute Gasteiger partial charge is 0.466 e. The van der Waals surface area contributed by atoms with Gasteiger partial charge in [-0.2, -0.15) is 0 Å². The third-order valence-electron chi connectivity index (χ3n) is 2.55. The molecule has 4 nitrogen and oxygen atoms in total. The van der Waals surface area contributed by atoms with Gasteiger partial charge in [-0.3, -0.25) is 4.79 Å². The van der Waals surface area contributed by atoms with Gasteiger partial charge in [0, 0.05) is 12.5 Å². The summed E-state index contributed by atoms with van der Waals surface area (Å²) in [5.74, 6) is -0.298. The second-order valence-corrected chi connectivity index (χ2v) is 4.56. The molecule has 0 aromatic rings. The number of allylic oxidation sites excluding steroid dienone is 1. The van der Waals surface area contributed by atoms with Crippen LogP contribution in [0.1, 0.15) is 72.6 Å². The van der Waals surface area contributed by atoms with Crippen LogP contribution >= 0.6 is 0 Å². The van der Waals surface area contributed by atoms with Gasteiger partial charge in [0.15, 0.2) is 0 Å². The first-order valence-corrected chi connectivity index (χ1v) is 8.11. The van der Waals surface area contributed by atoms with Gasteiger partial charge in [0.2, 0.25) is 0 Å². The van der Waals surface area contributed by atoms with Crippen LogP contribution in [0.3, 0.4) is 0 Å². The molecule has 0 bridgehead atoms. The molecular weight excluding hydrogens is 268 g/mol. The lowest BCUT2D eigenvalue weighted by molar-refractivity contribution is -0.143. The zero-order valence-corrected chi connectivity index (χ0v) is 14.2. The van der Waals surface area contributed by atoms with Crippen molar-refractivity contribution in [1.29, 1.82) is 0 Å². The average Bonchev–Trinajstić information content (AvgIpc) is 2.46. The van der Waals surface area contributed by atoms with Crippen molar-refractivity contribution in [2.24, 2.45) is 0 Å². The molecule has 0 aliphatic rings. The minimum Gasteiger partial charge on any atom is -0.466 e. The Hall–Kier alpha value is -1.32. The maximum absolute atomic E-state index is 10.8. The molecule has 0 spiro atoms. The molecule has 0 rings (SSSR count). The molecule has 0 amide bonds. The fourth-order valence-electron chi connectivity index (χ4n) is 1.44. The summed E-state index contributed by atoms with van der Waals surface area (Å²) < 4.78 is 9.43. The van der Waals surface area contributed by atoms with E-state index in [1.165, 1.54) is 18.9 Å². The molecule has 0 aliphatic heterocycles. The van der Waals surface area contributed by atoms with E-state index >= 15 is 0 Å². The minimum atomic E-state index is -0.228. The zero-order chi connectivity index (χ0) is 16.3. The number of hydrogen-bond donors (Lipinski definition) is 0. The lowest BCUT2D eigenvalue weighted by Crippen LogP contribution is -2.02. The molecule has 0 aromatic carbocycles. The third kappa shape index (κ3) is 21.1. The second-order valence-electron chi connectivity index (χ2n) is 4.56. The number of carbonyl (C=O) groups excluding carboxylic acids is 2. The van der Waals surface area contributed by atoms with Crippen molar-refractivity contribution in [2.45, 2.75) is 72.6 Å². The van der Waals surface area contributed by atoms with Gasteiger partial charge in [-0.05, 0) is 33.1 Å². The lowest BCUT2D eigenvalue weighted by atomic mass is 10.2. The van der Waals surface area contributed by atoms with E-state index in [0.29, 0.717) is 19.6 Å². The molecule has 0 radical (unpaired) electrons. The Kier molecular flexibility index (Phi) is 19.5. The van der Waals surface area contributed by atoms with E-state index in [1.54, 1.807) is 0 Å². The molecule has 0 aliphatic carbocycles. The van der Waals surface area contributed by atoms with Crippen molar-refractivity contribution in [3.05, 3.63) is 12.2 Å². The van der Waals surface area contributed by atoms with Crippen LogP contribution in [0.25, 0.3) is 0 Å². The van der Waals surface area contributed by atoms with E-state index in [-0.39, 0.29) is 11.9 Å². The van der Waals surface area contributed by atoms with Crippen LogP contribution in [-0.2, 0) is 19.1 Å². The Morgan fingerprint density at radius 3 is 2.00 bits per heavy atom. The van der Waals surface area contributed by atoms with Crippen LogP contribution in [-0.4, -0.2) is 25.2 Å². The Morgan fingerprint density at radius 1 is 0.857 bits per heavy atom. The summed E-state index contributed by atoms with van der Waals surface area (Å²) in [6.07, 6.45) is 10.5. The van der Waals surface area contributed by atoms with E-state index in [1.807, 2.05) is 19.9 Å². The van der Waals surface area contributed by atoms with E-state index in [4.69, 9.17) is 9.47 Å². The summed E-state index contributed by atoms with van der Waals surface area (Å²) >= 11 is 0. The van der Waals surface area contributed by atoms with Gasteiger partial charge in [0.25, 0.3) is 0 Å². The second kappa shape index (κ2) is 18.7. The Bertz CT molecular complexity index is 272. The molecule has 21 heavy (non-hydrogen) atoms. The Balaban J connectivity index is 0. The number of ether oxygens (including phenoxy) is 2. The maximum Gasteiger partial charge on any atom is 0.330 e. The summed E-state index contributed by atoms with van der Waals surface area (Å²) in [7, 11) is 0. The van der Waals surface area contributed by atoms with E-state index < -0.39 is 0 Å². The first-order valence-electron chi connectivity index (χ1n) is 8.11. The van der Waals surface area contributed by atoms with Crippen molar-refractivity contribution in [1.82, 2.24) is 0 Å². The number of rotatable bonds is 10. The summed E-state index contributed by atoms with van der Waals surface area (Å²) in [6.45, 7) is 8.81. The number of esters is 2. The molecule has 0 atom stereocenters. The monoisotopic (exact) mass is 300 g/mol. The predicted octanol–water partition coefficient (Wildman–Crippen LogP) is 4.43. The topological polar surface area (TPSA) is 52.6 Å². The zero-order valence-electron chi connectivity index (χ0n) is 14.2. The molecule has 0 unspecified atom stereocenters. The van der Waals surface area contributed by atoms with Crippen molar-refractivity contribution in [3.63, 3.8) is 0 Å². The smallest absolute Gasteiger partial charge is 0.330 e. The fraction of sp³-hybridized carbons (Fsp3) is 0.765. The fourth-order valence-corrected chi connectivity index (χ4v) is 1.44. The molecule has 0 saturated heterocycles. The molecule has 0 aromatic heterocycles. The molecule has 0 saturated carbocycles. The Labute approximate surface area is 129 Å². The maximum atomic E-state index is 10.8. The quantitative estimate of drug-likeness (QED) is 0.340. The molecule has 124 valence electrons. The molecule has 0 heterocycles. The van der Waals surface area contributed by atoms with Gasteiger partial charge >= 0.3 is 11.9 Å². The highest BCUT2D eigenvalue weighted by atomic mass is 16.5. The van der Waals surface area contributed by atoms with Crippen molar-refractivity contribution in [3.8, 4) is 0 Å². The van der Waals surface area contributed by atoms with Crippen LogP contribution in [0.15, 0.2) is 12.2 Å². The van der Waals surface area contributed by atoms with Gasteiger partial charge in [-0.15, -0.1) is 0 Å². The Morgan fingerprint density at radius 2 is 1.48 bits per heavy atom. The van der Waals surface area contributed by atoms with Gasteiger partial charge < -0.3 is 9.47 Å². The van der Waals surface area contributed by atoms with Crippen LogP contribution < -0.4 is 0 Å². The minimum absolute atomic E-state index is 0.0700. The standard InChI is InChI=1S/C10H18O2.C7H14O2/c1-3-5-6-7-8-9-10(11)12-4-2;1-3-5-6-7(8)9-4-2/h8-9H,3-7H2,1-2H3;3-6H2,1-2H3/b9-8+;. The average molecular weight is 300 g/mol.